The molecule has 2 heterocycles. The summed E-state index contributed by atoms with van der Waals surface area (Å²) >= 11 is 0. The van der Waals surface area contributed by atoms with Crippen LogP contribution >= 0.6 is 0 Å². The molecule has 0 N–H and O–H groups in total. The van der Waals surface area contributed by atoms with E-state index < -0.39 is 0 Å². The average Bonchev–Trinajstić information content (AvgIpc) is 3.30. The summed E-state index contributed by atoms with van der Waals surface area (Å²) in [7, 11) is 0. The smallest absolute Gasteiger partial charge is 0.247 e. The normalized spacial score (nSPS) is 21.1. The van der Waals surface area contributed by atoms with Crippen molar-refractivity contribution in [1.82, 2.24) is 0 Å². The Bertz CT molecular complexity index is 2120. The first-order valence-electron chi connectivity index (χ1n) is 19.7. The Labute approximate surface area is 310 Å². The van der Waals surface area contributed by atoms with Crippen molar-refractivity contribution < 1.29 is 0 Å². The molecule has 0 spiro atoms. The average molecular weight is 676 g/mol. The summed E-state index contributed by atoms with van der Waals surface area (Å²) in [4.78, 5) is 2.68. The maximum atomic E-state index is 2.69. The Kier molecular flexibility index (Phi) is 6.85. The van der Waals surface area contributed by atoms with Gasteiger partial charge in [0.05, 0.1) is 0 Å². The van der Waals surface area contributed by atoms with Crippen molar-refractivity contribution >= 4 is 40.2 Å². The summed E-state index contributed by atoms with van der Waals surface area (Å²) in [6.07, 6.45) is 2.35. The molecule has 4 aromatic rings. The van der Waals surface area contributed by atoms with E-state index in [0.29, 0.717) is 0 Å². The largest absolute Gasteiger partial charge is 0.311 e. The van der Waals surface area contributed by atoms with Gasteiger partial charge in [-0.05, 0) is 125 Å². The lowest BCUT2D eigenvalue weighted by molar-refractivity contribution is 0.402. The first-order chi connectivity index (χ1) is 23.3. The minimum atomic E-state index is -0.125. The molecule has 4 aromatic carbocycles. The Balaban J connectivity index is 1.51. The number of benzene rings is 4. The summed E-state index contributed by atoms with van der Waals surface area (Å²) in [5, 5.41) is 0. The number of hydrogen-bond donors (Lipinski definition) is 0. The zero-order valence-electron chi connectivity index (χ0n) is 34.7. The van der Waals surface area contributed by atoms with Gasteiger partial charge >= 0.3 is 0 Å². The highest BCUT2D eigenvalue weighted by Crippen LogP contribution is 2.54. The summed E-state index contributed by atoms with van der Waals surface area (Å²) in [6.45, 7) is 39.1. The second-order valence-electron chi connectivity index (χ2n) is 22.2. The van der Waals surface area contributed by atoms with Crippen molar-refractivity contribution in [2.45, 2.75) is 162 Å². The second kappa shape index (κ2) is 10.0. The van der Waals surface area contributed by atoms with Gasteiger partial charge in [0.25, 0.3) is 0 Å². The highest BCUT2D eigenvalue weighted by Gasteiger charge is 2.51. The van der Waals surface area contributed by atoms with Gasteiger partial charge < -0.3 is 4.90 Å². The molecule has 0 fully saturated rings. The van der Waals surface area contributed by atoms with Gasteiger partial charge in [0, 0.05) is 22.5 Å². The van der Waals surface area contributed by atoms with Crippen molar-refractivity contribution in [3.8, 4) is 0 Å². The Hall–Kier alpha value is -3.26. The lowest BCUT2D eigenvalue weighted by atomic mass is 9.29. The molecule has 0 bridgehead atoms. The van der Waals surface area contributed by atoms with Crippen molar-refractivity contribution in [1.29, 1.82) is 0 Å². The number of fused-ring (bicyclic) bond motifs is 6. The Morgan fingerprint density at radius 1 is 0.490 bits per heavy atom. The third-order valence-corrected chi connectivity index (χ3v) is 13.8. The monoisotopic (exact) mass is 675 g/mol. The topological polar surface area (TPSA) is 3.24 Å². The molecule has 1 nitrogen and oxygen atoms in total. The molecule has 2 aliphatic heterocycles. The zero-order valence-corrected chi connectivity index (χ0v) is 34.7. The zero-order chi connectivity index (χ0) is 37.2. The molecule has 2 heteroatoms. The van der Waals surface area contributed by atoms with Crippen LogP contribution in [0.4, 0.5) is 17.1 Å². The van der Waals surface area contributed by atoms with E-state index >= 15 is 0 Å². The van der Waals surface area contributed by atoms with Gasteiger partial charge in [0.2, 0.25) is 6.71 Å². The highest BCUT2D eigenvalue weighted by atomic mass is 15.2. The molecule has 0 atom stereocenters. The molecule has 266 valence electrons. The third kappa shape index (κ3) is 4.86. The van der Waals surface area contributed by atoms with E-state index in [4.69, 9.17) is 0 Å². The summed E-state index contributed by atoms with van der Waals surface area (Å²) < 4.78 is 0. The van der Waals surface area contributed by atoms with E-state index in [0.717, 1.165) is 6.42 Å². The van der Waals surface area contributed by atoms with Gasteiger partial charge in [-0.15, -0.1) is 0 Å². The van der Waals surface area contributed by atoms with Gasteiger partial charge in [-0.1, -0.05) is 153 Å². The molecule has 0 amide bonds. The van der Waals surface area contributed by atoms with Crippen LogP contribution in [0, 0.1) is 0 Å². The molecular weight excluding hydrogens is 613 g/mol. The lowest BCUT2D eigenvalue weighted by Gasteiger charge is -2.46. The van der Waals surface area contributed by atoms with Crippen LogP contribution in [0.1, 0.15) is 168 Å². The lowest BCUT2D eigenvalue weighted by Crippen LogP contribution is -2.64. The fraction of sp³-hybridized carbons (Fsp3) is 0.510. The SMILES string of the molecule is CC(C)(C)c1cc(N2c3cc4c(cc3B3c5cc6c(cc5C(C)(C)c5cccc2c53)C(C)(C)CC6(C)C)C(C)(C)CC4(C)C)cc(C(C)(C)C)c1. The molecule has 2 aliphatic carbocycles. The maximum Gasteiger partial charge on any atom is 0.247 e. The minimum Gasteiger partial charge on any atom is -0.311 e. The van der Waals surface area contributed by atoms with Gasteiger partial charge in [0.1, 0.15) is 0 Å². The van der Waals surface area contributed by atoms with Crippen molar-refractivity contribution in [3.05, 3.63) is 105 Å². The summed E-state index contributed by atoms with van der Waals surface area (Å²) in [6, 6.07) is 25.3. The molecule has 4 aliphatic rings. The molecular formula is C49H62BN. The van der Waals surface area contributed by atoms with Crippen molar-refractivity contribution in [2.75, 3.05) is 4.90 Å². The third-order valence-electron chi connectivity index (χ3n) is 13.8. The van der Waals surface area contributed by atoms with Crippen LogP contribution in [0.25, 0.3) is 0 Å². The van der Waals surface area contributed by atoms with Crippen LogP contribution in [-0.2, 0) is 37.9 Å². The van der Waals surface area contributed by atoms with E-state index in [-0.39, 0.29) is 44.6 Å². The molecule has 0 aromatic heterocycles. The van der Waals surface area contributed by atoms with Crippen LogP contribution in [0.3, 0.4) is 0 Å². The molecule has 0 saturated carbocycles. The first kappa shape index (κ1) is 34.8. The number of anilines is 3. The van der Waals surface area contributed by atoms with Crippen LogP contribution in [0.15, 0.2) is 60.7 Å². The van der Waals surface area contributed by atoms with E-state index in [2.05, 4.69) is 176 Å². The van der Waals surface area contributed by atoms with E-state index in [1.807, 2.05) is 0 Å². The fourth-order valence-corrected chi connectivity index (χ4v) is 11.5. The maximum absolute atomic E-state index is 2.69. The molecule has 0 saturated heterocycles. The van der Waals surface area contributed by atoms with Crippen LogP contribution in [-0.4, -0.2) is 6.71 Å². The Morgan fingerprint density at radius 3 is 1.47 bits per heavy atom. The second-order valence-corrected chi connectivity index (χ2v) is 22.2. The van der Waals surface area contributed by atoms with Gasteiger partial charge in [-0.3, -0.25) is 0 Å². The molecule has 8 rings (SSSR count). The molecule has 0 unspecified atom stereocenters. The number of nitrogens with zero attached hydrogens (tertiary/aromatic N) is 1. The molecule has 51 heavy (non-hydrogen) atoms. The highest BCUT2D eigenvalue weighted by molar-refractivity contribution is 6.99. The summed E-state index contributed by atoms with van der Waals surface area (Å²) in [5.74, 6) is 0. The van der Waals surface area contributed by atoms with E-state index in [9.17, 15) is 0 Å². The quantitative estimate of drug-likeness (QED) is 0.160. The van der Waals surface area contributed by atoms with Crippen LogP contribution in [0.5, 0.6) is 0 Å². The number of hydrogen-bond acceptors (Lipinski definition) is 1. The Morgan fingerprint density at radius 2 is 0.961 bits per heavy atom. The van der Waals surface area contributed by atoms with Crippen molar-refractivity contribution in [3.63, 3.8) is 0 Å². The summed E-state index contributed by atoms with van der Waals surface area (Å²) in [5.41, 5.74) is 20.9. The fourth-order valence-electron chi connectivity index (χ4n) is 11.5. The van der Waals surface area contributed by atoms with Gasteiger partial charge in [-0.25, -0.2) is 0 Å². The van der Waals surface area contributed by atoms with Crippen LogP contribution in [0.2, 0.25) is 0 Å². The number of rotatable bonds is 1. The van der Waals surface area contributed by atoms with Crippen molar-refractivity contribution in [2.24, 2.45) is 0 Å². The predicted molar refractivity (Wildman–Crippen MR) is 223 cm³/mol. The first-order valence-corrected chi connectivity index (χ1v) is 19.7. The van der Waals surface area contributed by atoms with Gasteiger partial charge in [0.15, 0.2) is 0 Å². The molecule has 0 radical (unpaired) electrons. The van der Waals surface area contributed by atoms with E-state index in [1.54, 1.807) is 16.7 Å². The van der Waals surface area contributed by atoms with Crippen LogP contribution < -0.4 is 21.3 Å². The van der Waals surface area contributed by atoms with E-state index in [1.165, 1.54) is 67.7 Å². The van der Waals surface area contributed by atoms with Gasteiger partial charge in [-0.2, -0.15) is 0 Å². The predicted octanol–water partition coefficient (Wildman–Crippen LogP) is 11.1. The minimum absolute atomic E-state index is 0.0269. The standard InChI is InChI=1S/C49H62BN/c1-43(2,3)29-20-30(44(4,5)6)22-31(21-29)51-40-19-17-18-32-42(40)50(39-25-35-36(26-41(39)51)48(13,14)28-47(35,11)12)38-24-34-33(23-37(38)49(32,15)16)45(7,8)27-46(34,9)10/h17-26H,27-28H2,1-16H3.